The van der Waals surface area contributed by atoms with E-state index in [0.717, 1.165) is 54.0 Å². The highest BCUT2D eigenvalue weighted by molar-refractivity contribution is 5.97. The molecule has 0 bridgehead atoms. The third-order valence-corrected chi connectivity index (χ3v) is 5.12. The molecule has 0 aliphatic heterocycles. The summed E-state index contributed by atoms with van der Waals surface area (Å²) in [7, 11) is 0. The van der Waals surface area contributed by atoms with Crippen LogP contribution >= 0.6 is 0 Å². The van der Waals surface area contributed by atoms with Crippen LogP contribution in [0, 0.1) is 6.92 Å². The second-order valence-corrected chi connectivity index (χ2v) is 7.48. The van der Waals surface area contributed by atoms with E-state index < -0.39 is 0 Å². The van der Waals surface area contributed by atoms with Crippen molar-refractivity contribution in [2.75, 3.05) is 0 Å². The van der Waals surface area contributed by atoms with Gasteiger partial charge in [0, 0.05) is 12.1 Å². The normalized spacial score (nSPS) is 13.5. The lowest BCUT2D eigenvalue weighted by Gasteiger charge is -2.10. The van der Waals surface area contributed by atoms with Gasteiger partial charge in [0.2, 0.25) is 0 Å². The molecule has 3 aromatic rings. The van der Waals surface area contributed by atoms with Crippen LogP contribution in [0.1, 0.15) is 65.1 Å². The Balaban J connectivity index is 1.70. The third kappa shape index (κ3) is 3.84. The zero-order valence-corrected chi connectivity index (χ0v) is 16.5. The van der Waals surface area contributed by atoms with E-state index >= 15 is 0 Å². The van der Waals surface area contributed by atoms with E-state index in [4.69, 9.17) is 5.10 Å². The molecule has 1 aliphatic rings. The molecule has 144 valence electrons. The van der Waals surface area contributed by atoms with E-state index in [1.165, 1.54) is 5.56 Å². The molecule has 2 heterocycles. The van der Waals surface area contributed by atoms with Crippen LogP contribution in [-0.4, -0.2) is 20.7 Å². The Labute approximate surface area is 165 Å². The number of amides is 1. The van der Waals surface area contributed by atoms with Crippen molar-refractivity contribution in [1.29, 1.82) is 0 Å². The third-order valence-electron chi connectivity index (χ3n) is 5.12. The number of carbonyl (C=O) groups excluding carboxylic acids is 1. The minimum atomic E-state index is -0.0469. The van der Waals surface area contributed by atoms with Gasteiger partial charge in [-0.3, -0.25) is 9.78 Å². The molecule has 4 rings (SSSR count). The van der Waals surface area contributed by atoms with Crippen LogP contribution in [0.4, 0.5) is 0 Å². The Kier molecular flexibility index (Phi) is 5.24. The summed E-state index contributed by atoms with van der Waals surface area (Å²) in [6, 6.07) is 14.1. The fourth-order valence-corrected chi connectivity index (χ4v) is 3.49. The van der Waals surface area contributed by atoms with Gasteiger partial charge in [-0.05, 0) is 50.5 Å². The molecule has 0 saturated heterocycles. The molecule has 5 nitrogen and oxygen atoms in total. The highest BCUT2D eigenvalue weighted by Gasteiger charge is 2.34. The first-order valence-electron chi connectivity index (χ1n) is 10.0. The average molecular weight is 374 g/mol. The fraction of sp³-hybridized carbons (Fsp3) is 0.348. The van der Waals surface area contributed by atoms with Gasteiger partial charge in [0.25, 0.3) is 5.91 Å². The molecule has 2 aromatic heterocycles. The van der Waals surface area contributed by atoms with Crippen molar-refractivity contribution in [3.8, 4) is 5.69 Å². The highest BCUT2D eigenvalue weighted by atomic mass is 16.1. The molecule has 0 unspecified atom stereocenters. The van der Waals surface area contributed by atoms with E-state index in [1.807, 2.05) is 22.9 Å². The molecule has 1 aromatic carbocycles. The summed E-state index contributed by atoms with van der Waals surface area (Å²) < 4.78 is 1.98. The zero-order chi connectivity index (χ0) is 19.5. The molecule has 1 saturated carbocycles. The number of aromatic nitrogens is 3. The Bertz CT molecular complexity index is 956. The molecule has 1 N–H and O–H groups in total. The second-order valence-electron chi connectivity index (χ2n) is 7.48. The van der Waals surface area contributed by atoms with Gasteiger partial charge in [0.15, 0.2) is 0 Å². The first-order chi connectivity index (χ1) is 13.7. The minimum Gasteiger partial charge on any atom is -0.346 e. The predicted octanol–water partition coefficient (Wildman–Crippen LogP) is 4.34. The van der Waals surface area contributed by atoms with E-state index in [1.54, 1.807) is 6.20 Å². The molecule has 5 heteroatoms. The molecule has 0 spiro atoms. The number of hydrogen-bond donors (Lipinski definition) is 1. The van der Waals surface area contributed by atoms with Crippen LogP contribution in [0.2, 0.25) is 0 Å². The second kappa shape index (κ2) is 7.97. The summed E-state index contributed by atoms with van der Waals surface area (Å²) in [6.45, 7) is 4.63. The Morgan fingerprint density at radius 3 is 2.61 bits per heavy atom. The fourth-order valence-electron chi connectivity index (χ4n) is 3.49. The Morgan fingerprint density at radius 2 is 1.96 bits per heavy atom. The van der Waals surface area contributed by atoms with E-state index in [-0.39, 0.29) is 5.91 Å². The maximum Gasteiger partial charge on any atom is 0.255 e. The van der Waals surface area contributed by atoms with Crippen LogP contribution in [0.25, 0.3) is 5.69 Å². The van der Waals surface area contributed by atoms with E-state index in [0.29, 0.717) is 12.5 Å². The summed E-state index contributed by atoms with van der Waals surface area (Å²) in [5, 5.41) is 7.96. The first kappa shape index (κ1) is 18.4. The van der Waals surface area contributed by atoms with Gasteiger partial charge in [-0.15, -0.1) is 0 Å². The summed E-state index contributed by atoms with van der Waals surface area (Å²) >= 11 is 0. The molecule has 0 radical (unpaired) electrons. The Hall–Kier alpha value is -2.95. The topological polar surface area (TPSA) is 59.8 Å². The lowest BCUT2D eigenvalue weighted by Crippen LogP contribution is -2.25. The number of benzene rings is 1. The number of nitrogens with one attached hydrogen (secondary N) is 1. The summed E-state index contributed by atoms with van der Waals surface area (Å²) in [6.07, 6.45) is 5.74. The standard InChI is InChI=1S/C23H26N4O/c1-3-6-20-21(23(28)25-15-18-7-4-5-14-24-18)22(17-10-11-17)26-27(20)19-12-8-16(2)9-13-19/h4-5,7-9,12-14,17H,3,6,10-11,15H2,1-2H3,(H,25,28). The highest BCUT2D eigenvalue weighted by Crippen LogP contribution is 2.42. The molecular weight excluding hydrogens is 348 g/mol. The first-order valence-corrected chi connectivity index (χ1v) is 10.0. The van der Waals surface area contributed by atoms with Gasteiger partial charge in [0.05, 0.1) is 34.9 Å². The lowest BCUT2D eigenvalue weighted by molar-refractivity contribution is 0.0948. The molecule has 1 fully saturated rings. The largest absolute Gasteiger partial charge is 0.346 e. The number of nitrogens with zero attached hydrogens (tertiary/aromatic N) is 3. The van der Waals surface area contributed by atoms with Gasteiger partial charge in [-0.1, -0.05) is 37.1 Å². The number of pyridine rings is 1. The van der Waals surface area contributed by atoms with Crippen molar-refractivity contribution in [2.24, 2.45) is 0 Å². The van der Waals surface area contributed by atoms with Crippen molar-refractivity contribution in [1.82, 2.24) is 20.1 Å². The van der Waals surface area contributed by atoms with E-state index in [9.17, 15) is 4.79 Å². The van der Waals surface area contributed by atoms with Crippen LogP contribution in [0.3, 0.4) is 0 Å². The molecule has 28 heavy (non-hydrogen) atoms. The number of aryl methyl sites for hydroxylation is 1. The maximum atomic E-state index is 13.2. The number of rotatable bonds is 7. The van der Waals surface area contributed by atoms with Gasteiger partial charge >= 0.3 is 0 Å². The summed E-state index contributed by atoms with van der Waals surface area (Å²) in [5.41, 5.74) is 5.80. The zero-order valence-electron chi connectivity index (χ0n) is 16.5. The van der Waals surface area contributed by atoms with Crippen molar-refractivity contribution >= 4 is 5.91 Å². The minimum absolute atomic E-state index is 0.0469. The predicted molar refractivity (Wildman–Crippen MR) is 110 cm³/mol. The summed E-state index contributed by atoms with van der Waals surface area (Å²) in [4.78, 5) is 17.5. The molecule has 1 amide bonds. The van der Waals surface area contributed by atoms with Crippen LogP contribution < -0.4 is 5.32 Å². The quantitative estimate of drug-likeness (QED) is 0.669. The number of carbonyl (C=O) groups is 1. The van der Waals surface area contributed by atoms with Gasteiger partial charge in [-0.25, -0.2) is 4.68 Å². The van der Waals surface area contributed by atoms with Crippen molar-refractivity contribution < 1.29 is 4.79 Å². The maximum absolute atomic E-state index is 13.2. The Morgan fingerprint density at radius 1 is 1.18 bits per heavy atom. The monoisotopic (exact) mass is 374 g/mol. The SMILES string of the molecule is CCCc1c(C(=O)NCc2ccccn2)c(C2CC2)nn1-c1ccc(C)cc1. The molecule has 1 aliphatic carbocycles. The van der Waals surface area contributed by atoms with Crippen molar-refractivity contribution in [3.63, 3.8) is 0 Å². The molecular formula is C23H26N4O. The van der Waals surface area contributed by atoms with Gasteiger partial charge in [-0.2, -0.15) is 5.10 Å². The van der Waals surface area contributed by atoms with Crippen LogP contribution in [0.5, 0.6) is 0 Å². The van der Waals surface area contributed by atoms with Crippen LogP contribution in [0.15, 0.2) is 48.7 Å². The van der Waals surface area contributed by atoms with E-state index in [2.05, 4.69) is 48.4 Å². The summed E-state index contributed by atoms with van der Waals surface area (Å²) in [5.74, 6) is 0.354. The smallest absolute Gasteiger partial charge is 0.255 e. The number of hydrogen-bond acceptors (Lipinski definition) is 3. The van der Waals surface area contributed by atoms with Crippen molar-refractivity contribution in [3.05, 3.63) is 76.9 Å². The average Bonchev–Trinajstić information content (AvgIpc) is 3.50. The van der Waals surface area contributed by atoms with Crippen LogP contribution in [-0.2, 0) is 13.0 Å². The molecule has 0 atom stereocenters. The van der Waals surface area contributed by atoms with Gasteiger partial charge in [0.1, 0.15) is 0 Å². The van der Waals surface area contributed by atoms with Crippen molar-refractivity contribution in [2.45, 2.75) is 52.0 Å². The van der Waals surface area contributed by atoms with Gasteiger partial charge < -0.3 is 5.32 Å². The lowest BCUT2D eigenvalue weighted by atomic mass is 10.1.